The Labute approximate surface area is 216 Å². The Morgan fingerprint density at radius 1 is 0.711 bits per heavy atom. The first-order valence-corrected chi connectivity index (χ1v) is 11.5. The number of amides is 4. The van der Waals surface area contributed by atoms with E-state index in [1.807, 2.05) is 0 Å². The molecule has 0 spiro atoms. The predicted molar refractivity (Wildman–Crippen MR) is 129 cm³/mol. The van der Waals surface area contributed by atoms with E-state index in [0.29, 0.717) is 5.56 Å². The van der Waals surface area contributed by atoms with Crippen molar-refractivity contribution in [1.82, 2.24) is 16.0 Å². The van der Waals surface area contributed by atoms with Crippen molar-refractivity contribution in [3.63, 3.8) is 0 Å². The zero-order chi connectivity index (χ0) is 28.8. The summed E-state index contributed by atoms with van der Waals surface area (Å²) in [5, 5.41) is 33.6. The van der Waals surface area contributed by atoms with Crippen LogP contribution in [0.4, 0.5) is 0 Å². The minimum Gasteiger partial charge on any atom is -0.481 e. The second kappa shape index (κ2) is 15.6. The Bertz CT molecular complexity index is 1030. The minimum absolute atomic E-state index is 0.0780. The SMILES string of the molecule is NC(=O)CC(NC(=O)C(Cc1ccccc1)NC(=O)C(N)CCC(=O)O)C(=O)NC(CCC(=O)O)C(=O)O. The van der Waals surface area contributed by atoms with Crippen LogP contribution in [-0.4, -0.2) is 81.0 Å². The number of hydrogen-bond donors (Lipinski definition) is 8. The number of primary amides is 1. The second-order valence-electron chi connectivity index (χ2n) is 8.35. The number of carbonyl (C=O) groups is 7. The Hall–Kier alpha value is -4.53. The number of carboxylic acids is 3. The van der Waals surface area contributed by atoms with Gasteiger partial charge in [-0.05, 0) is 18.4 Å². The van der Waals surface area contributed by atoms with Crippen molar-refractivity contribution in [2.75, 3.05) is 0 Å². The molecule has 1 rings (SSSR count). The summed E-state index contributed by atoms with van der Waals surface area (Å²) >= 11 is 0. The Kier molecular flexibility index (Phi) is 12.9. The van der Waals surface area contributed by atoms with Crippen molar-refractivity contribution in [1.29, 1.82) is 0 Å². The molecule has 0 bridgehead atoms. The highest BCUT2D eigenvalue weighted by Crippen LogP contribution is 2.07. The summed E-state index contributed by atoms with van der Waals surface area (Å²) in [7, 11) is 0. The third kappa shape index (κ3) is 11.9. The van der Waals surface area contributed by atoms with Gasteiger partial charge in [0, 0.05) is 19.3 Å². The fourth-order valence-corrected chi connectivity index (χ4v) is 3.23. The molecule has 38 heavy (non-hydrogen) atoms. The summed E-state index contributed by atoms with van der Waals surface area (Å²) in [5.41, 5.74) is 11.5. The molecule has 208 valence electrons. The fourth-order valence-electron chi connectivity index (χ4n) is 3.23. The molecule has 1 aromatic rings. The van der Waals surface area contributed by atoms with Crippen molar-refractivity contribution in [3.05, 3.63) is 35.9 Å². The monoisotopic (exact) mass is 537 g/mol. The van der Waals surface area contributed by atoms with Crippen LogP contribution in [0.15, 0.2) is 30.3 Å². The topological polar surface area (TPSA) is 268 Å². The van der Waals surface area contributed by atoms with E-state index >= 15 is 0 Å². The van der Waals surface area contributed by atoms with E-state index in [0.717, 1.165) is 0 Å². The lowest BCUT2D eigenvalue weighted by atomic mass is 10.0. The third-order valence-electron chi connectivity index (χ3n) is 5.22. The van der Waals surface area contributed by atoms with Gasteiger partial charge in [-0.2, -0.15) is 0 Å². The van der Waals surface area contributed by atoms with Gasteiger partial charge in [0.15, 0.2) is 0 Å². The van der Waals surface area contributed by atoms with Crippen LogP contribution in [-0.2, 0) is 40.0 Å². The molecule has 4 unspecified atom stereocenters. The van der Waals surface area contributed by atoms with Crippen LogP contribution in [0.3, 0.4) is 0 Å². The first kappa shape index (κ1) is 31.5. The molecular formula is C23H31N5O10. The van der Waals surface area contributed by atoms with Crippen LogP contribution >= 0.6 is 0 Å². The molecule has 10 N–H and O–H groups in total. The largest absolute Gasteiger partial charge is 0.481 e. The highest BCUT2D eigenvalue weighted by molar-refractivity contribution is 5.96. The van der Waals surface area contributed by atoms with Crippen LogP contribution in [0.25, 0.3) is 0 Å². The lowest BCUT2D eigenvalue weighted by molar-refractivity contribution is -0.143. The standard InChI is InChI=1S/C23H31N5O10/c24-13(6-8-18(30)31)20(34)27-15(10-12-4-2-1-3-5-12)21(35)28-16(11-17(25)29)22(36)26-14(23(37)38)7-9-19(32)33/h1-5,13-16H,6-11,24H2,(H2,25,29)(H,26,36)(H,27,34)(H,28,35)(H,30,31)(H,32,33)(H,37,38). The van der Waals surface area contributed by atoms with Crippen molar-refractivity contribution >= 4 is 41.5 Å². The lowest BCUT2D eigenvalue weighted by Gasteiger charge is -2.25. The fraction of sp³-hybridized carbons (Fsp3) is 0.435. The first-order chi connectivity index (χ1) is 17.8. The van der Waals surface area contributed by atoms with Gasteiger partial charge in [-0.3, -0.25) is 28.8 Å². The number of nitrogens with one attached hydrogen (secondary N) is 3. The molecule has 0 aliphatic heterocycles. The minimum atomic E-state index is -1.65. The maximum absolute atomic E-state index is 13.1. The zero-order valence-electron chi connectivity index (χ0n) is 20.3. The maximum atomic E-state index is 13.1. The molecule has 0 aromatic heterocycles. The predicted octanol–water partition coefficient (Wildman–Crippen LogP) is -2.30. The summed E-state index contributed by atoms with van der Waals surface area (Å²) < 4.78 is 0. The molecule has 0 aliphatic rings. The number of benzene rings is 1. The van der Waals surface area contributed by atoms with Gasteiger partial charge < -0.3 is 42.7 Å². The highest BCUT2D eigenvalue weighted by atomic mass is 16.4. The summed E-state index contributed by atoms with van der Waals surface area (Å²) in [6.07, 6.45) is -2.44. The smallest absolute Gasteiger partial charge is 0.326 e. The quantitative estimate of drug-likeness (QED) is 0.105. The van der Waals surface area contributed by atoms with Crippen LogP contribution in [0.2, 0.25) is 0 Å². The average molecular weight is 538 g/mol. The maximum Gasteiger partial charge on any atom is 0.326 e. The van der Waals surface area contributed by atoms with E-state index in [2.05, 4.69) is 16.0 Å². The lowest BCUT2D eigenvalue weighted by Crippen LogP contribution is -2.58. The normalized spacial score (nSPS) is 13.7. The second-order valence-corrected chi connectivity index (χ2v) is 8.35. The number of aliphatic carboxylic acids is 3. The van der Waals surface area contributed by atoms with Gasteiger partial charge in [0.25, 0.3) is 0 Å². The molecule has 0 radical (unpaired) electrons. The van der Waals surface area contributed by atoms with Crippen molar-refractivity contribution in [2.45, 2.75) is 62.7 Å². The number of carbonyl (C=O) groups excluding carboxylic acids is 4. The summed E-state index contributed by atoms with van der Waals surface area (Å²) in [4.78, 5) is 82.9. The van der Waals surface area contributed by atoms with Crippen LogP contribution < -0.4 is 27.4 Å². The highest BCUT2D eigenvalue weighted by Gasteiger charge is 2.31. The Morgan fingerprint density at radius 3 is 1.74 bits per heavy atom. The van der Waals surface area contributed by atoms with E-state index in [-0.39, 0.29) is 12.8 Å². The van der Waals surface area contributed by atoms with E-state index in [1.54, 1.807) is 30.3 Å². The summed E-state index contributed by atoms with van der Waals surface area (Å²) in [6, 6.07) is 2.53. The molecule has 0 saturated carbocycles. The number of hydrogen-bond acceptors (Lipinski definition) is 8. The number of nitrogens with two attached hydrogens (primary N) is 2. The van der Waals surface area contributed by atoms with Gasteiger partial charge >= 0.3 is 17.9 Å². The van der Waals surface area contributed by atoms with Gasteiger partial charge in [-0.15, -0.1) is 0 Å². The molecule has 4 amide bonds. The summed E-state index contributed by atoms with van der Waals surface area (Å²) in [5.74, 6) is -7.90. The number of carboxylic acid groups (broad SMARTS) is 3. The van der Waals surface area contributed by atoms with Gasteiger partial charge in [-0.1, -0.05) is 30.3 Å². The molecule has 15 nitrogen and oxygen atoms in total. The molecule has 1 aromatic carbocycles. The van der Waals surface area contributed by atoms with Gasteiger partial charge in [-0.25, -0.2) is 4.79 Å². The van der Waals surface area contributed by atoms with E-state index < -0.39 is 91.4 Å². The molecular weight excluding hydrogens is 506 g/mol. The molecule has 0 aliphatic carbocycles. The Balaban J connectivity index is 3.09. The van der Waals surface area contributed by atoms with Gasteiger partial charge in [0.2, 0.25) is 23.6 Å². The van der Waals surface area contributed by atoms with E-state index in [4.69, 9.17) is 21.7 Å². The molecule has 0 saturated heterocycles. The molecule has 0 heterocycles. The summed E-state index contributed by atoms with van der Waals surface area (Å²) in [6.45, 7) is 0. The van der Waals surface area contributed by atoms with Gasteiger partial charge in [0.1, 0.15) is 18.1 Å². The van der Waals surface area contributed by atoms with Crippen LogP contribution in [0.1, 0.15) is 37.7 Å². The first-order valence-electron chi connectivity index (χ1n) is 11.5. The molecule has 0 fully saturated rings. The zero-order valence-corrected chi connectivity index (χ0v) is 20.3. The third-order valence-corrected chi connectivity index (χ3v) is 5.22. The van der Waals surface area contributed by atoms with Crippen molar-refractivity contribution < 1.29 is 48.9 Å². The molecule has 4 atom stereocenters. The molecule has 15 heteroatoms. The van der Waals surface area contributed by atoms with Crippen LogP contribution in [0.5, 0.6) is 0 Å². The van der Waals surface area contributed by atoms with E-state index in [1.165, 1.54) is 0 Å². The van der Waals surface area contributed by atoms with Crippen molar-refractivity contribution in [3.8, 4) is 0 Å². The van der Waals surface area contributed by atoms with Crippen LogP contribution in [0, 0.1) is 0 Å². The van der Waals surface area contributed by atoms with Gasteiger partial charge in [0.05, 0.1) is 12.5 Å². The number of rotatable bonds is 17. The Morgan fingerprint density at radius 2 is 1.21 bits per heavy atom. The average Bonchev–Trinajstić information content (AvgIpc) is 2.83. The van der Waals surface area contributed by atoms with Crippen molar-refractivity contribution in [2.24, 2.45) is 11.5 Å². The van der Waals surface area contributed by atoms with E-state index in [9.17, 15) is 38.7 Å².